The van der Waals surface area contributed by atoms with Gasteiger partial charge in [0.2, 0.25) is 0 Å². The van der Waals surface area contributed by atoms with Crippen LogP contribution in [0, 0.1) is 6.92 Å². The number of carbonyl (C=O) groups is 1. The van der Waals surface area contributed by atoms with E-state index in [1.165, 1.54) is 17.8 Å². The van der Waals surface area contributed by atoms with Gasteiger partial charge in [0.15, 0.2) is 5.43 Å². The topological polar surface area (TPSA) is 62.0 Å². The van der Waals surface area contributed by atoms with Gasteiger partial charge in [-0.05, 0) is 18.1 Å². The Balaban J connectivity index is 2.02. The second-order valence-electron chi connectivity index (χ2n) is 4.53. The van der Waals surface area contributed by atoms with Crippen molar-refractivity contribution in [2.45, 2.75) is 18.8 Å². The average molecular weight is 335 g/mol. The van der Waals surface area contributed by atoms with Crippen molar-refractivity contribution in [3.8, 4) is 0 Å². The average Bonchev–Trinajstić information content (AvgIpc) is 2.45. The summed E-state index contributed by atoms with van der Waals surface area (Å²) in [5.74, 6) is -0.365. The number of benzene rings is 1. The predicted octanol–water partition coefficient (Wildman–Crippen LogP) is 2.51. The largest absolute Gasteiger partial charge is 0.364 e. The lowest BCUT2D eigenvalue weighted by atomic mass is 10.1. The van der Waals surface area contributed by atoms with Crippen LogP contribution in [0.25, 0.3) is 0 Å². The first-order valence-electron chi connectivity index (χ1n) is 6.21. The van der Waals surface area contributed by atoms with Gasteiger partial charge in [-0.1, -0.05) is 40.2 Å². The van der Waals surface area contributed by atoms with E-state index in [0.29, 0.717) is 6.54 Å². The van der Waals surface area contributed by atoms with Gasteiger partial charge in [-0.2, -0.15) is 0 Å². The second kappa shape index (κ2) is 6.52. The number of alkyl halides is 1. The number of rotatable bonds is 4. The smallest absolute Gasteiger partial charge is 0.257 e. The molecule has 1 amide bonds. The van der Waals surface area contributed by atoms with Crippen LogP contribution in [-0.2, 0) is 11.9 Å². The molecule has 4 nitrogen and oxygen atoms in total. The van der Waals surface area contributed by atoms with E-state index in [0.717, 1.165) is 16.6 Å². The van der Waals surface area contributed by atoms with Crippen molar-refractivity contribution in [2.75, 3.05) is 0 Å². The van der Waals surface area contributed by atoms with Crippen LogP contribution in [0.5, 0.6) is 0 Å². The van der Waals surface area contributed by atoms with Crippen LogP contribution in [-0.4, -0.2) is 10.9 Å². The van der Waals surface area contributed by atoms with Gasteiger partial charge in [0.25, 0.3) is 5.91 Å². The SMILES string of the molecule is Cc1cc(=O)c(C(=O)NCc2ccc(CBr)cc2)c[nH]1. The Morgan fingerprint density at radius 1 is 1.25 bits per heavy atom. The summed E-state index contributed by atoms with van der Waals surface area (Å²) in [7, 11) is 0. The molecule has 0 bridgehead atoms. The summed E-state index contributed by atoms with van der Waals surface area (Å²) in [5, 5.41) is 3.55. The molecule has 0 radical (unpaired) electrons. The Kier molecular flexibility index (Phi) is 4.74. The molecule has 2 rings (SSSR count). The van der Waals surface area contributed by atoms with Crippen molar-refractivity contribution in [3.63, 3.8) is 0 Å². The molecular formula is C15H15BrN2O2. The number of hydrogen-bond donors (Lipinski definition) is 2. The molecule has 0 spiro atoms. The van der Waals surface area contributed by atoms with Crippen molar-refractivity contribution in [1.82, 2.24) is 10.3 Å². The molecule has 0 unspecified atom stereocenters. The van der Waals surface area contributed by atoms with E-state index in [9.17, 15) is 9.59 Å². The predicted molar refractivity (Wildman–Crippen MR) is 82.0 cm³/mol. The van der Waals surface area contributed by atoms with E-state index < -0.39 is 0 Å². The first-order valence-corrected chi connectivity index (χ1v) is 7.33. The van der Waals surface area contributed by atoms with Crippen LogP contribution in [0.2, 0.25) is 0 Å². The molecular weight excluding hydrogens is 320 g/mol. The molecule has 0 aliphatic carbocycles. The van der Waals surface area contributed by atoms with E-state index in [-0.39, 0.29) is 16.9 Å². The molecule has 2 N–H and O–H groups in total. The maximum absolute atomic E-state index is 11.9. The third-order valence-electron chi connectivity index (χ3n) is 2.93. The number of hydrogen-bond acceptors (Lipinski definition) is 2. The summed E-state index contributed by atoms with van der Waals surface area (Å²) in [6, 6.07) is 9.32. The van der Waals surface area contributed by atoms with Gasteiger partial charge in [0, 0.05) is 29.8 Å². The third-order valence-corrected chi connectivity index (χ3v) is 3.58. The van der Waals surface area contributed by atoms with Gasteiger partial charge in [-0.25, -0.2) is 0 Å². The Labute approximate surface area is 125 Å². The molecule has 20 heavy (non-hydrogen) atoms. The number of aryl methyl sites for hydroxylation is 1. The minimum atomic E-state index is -0.365. The molecule has 0 aliphatic heterocycles. The number of pyridine rings is 1. The van der Waals surface area contributed by atoms with Gasteiger partial charge in [-0.3, -0.25) is 9.59 Å². The summed E-state index contributed by atoms with van der Waals surface area (Å²) < 4.78 is 0. The van der Waals surface area contributed by atoms with Crippen LogP contribution in [0.3, 0.4) is 0 Å². The number of H-pyrrole nitrogens is 1. The number of halogens is 1. The van der Waals surface area contributed by atoms with Crippen LogP contribution in [0.1, 0.15) is 27.2 Å². The van der Waals surface area contributed by atoms with Crippen LogP contribution >= 0.6 is 15.9 Å². The molecule has 1 aromatic heterocycles. The maximum Gasteiger partial charge on any atom is 0.257 e. The van der Waals surface area contributed by atoms with E-state index in [4.69, 9.17) is 0 Å². The Morgan fingerprint density at radius 2 is 1.90 bits per heavy atom. The fourth-order valence-corrected chi connectivity index (χ4v) is 2.15. The van der Waals surface area contributed by atoms with E-state index in [1.54, 1.807) is 6.92 Å². The van der Waals surface area contributed by atoms with Gasteiger partial charge < -0.3 is 10.3 Å². The lowest BCUT2D eigenvalue weighted by Crippen LogP contribution is -2.28. The lowest BCUT2D eigenvalue weighted by molar-refractivity contribution is 0.0949. The Hall–Kier alpha value is -1.88. The molecule has 0 atom stereocenters. The van der Waals surface area contributed by atoms with Crippen molar-refractivity contribution in [1.29, 1.82) is 0 Å². The second-order valence-corrected chi connectivity index (χ2v) is 5.09. The lowest BCUT2D eigenvalue weighted by Gasteiger charge is -2.06. The van der Waals surface area contributed by atoms with Crippen molar-refractivity contribution >= 4 is 21.8 Å². The van der Waals surface area contributed by atoms with Gasteiger partial charge in [0.05, 0.1) is 0 Å². The van der Waals surface area contributed by atoms with Crippen LogP contribution < -0.4 is 10.7 Å². The van der Waals surface area contributed by atoms with Crippen LogP contribution in [0.15, 0.2) is 41.3 Å². The van der Waals surface area contributed by atoms with Crippen molar-refractivity contribution in [2.24, 2.45) is 0 Å². The summed E-state index contributed by atoms with van der Waals surface area (Å²) in [6.45, 7) is 2.17. The number of carbonyl (C=O) groups excluding carboxylic acids is 1. The zero-order chi connectivity index (χ0) is 14.5. The maximum atomic E-state index is 11.9. The minimum absolute atomic E-state index is 0.132. The number of nitrogens with one attached hydrogen (secondary N) is 2. The summed E-state index contributed by atoms with van der Waals surface area (Å²) in [4.78, 5) is 26.5. The van der Waals surface area contributed by atoms with Gasteiger partial charge in [0.1, 0.15) is 5.56 Å². The van der Waals surface area contributed by atoms with Crippen molar-refractivity contribution in [3.05, 3.63) is 69.1 Å². The highest BCUT2D eigenvalue weighted by Crippen LogP contribution is 2.07. The fraction of sp³-hybridized carbons (Fsp3) is 0.200. The van der Waals surface area contributed by atoms with Crippen LogP contribution in [0.4, 0.5) is 0 Å². The standard InChI is InChI=1S/C15H15BrN2O2/c1-10-6-14(19)13(9-17-10)15(20)18-8-12-4-2-11(7-16)3-5-12/h2-6,9H,7-8H2,1H3,(H,17,19)(H,18,20). The quantitative estimate of drug-likeness (QED) is 0.844. The molecule has 0 saturated heterocycles. The fourth-order valence-electron chi connectivity index (χ4n) is 1.77. The molecule has 1 heterocycles. The van der Waals surface area contributed by atoms with E-state index in [2.05, 4.69) is 26.2 Å². The van der Waals surface area contributed by atoms with E-state index >= 15 is 0 Å². The van der Waals surface area contributed by atoms with E-state index in [1.807, 2.05) is 24.3 Å². The zero-order valence-corrected chi connectivity index (χ0v) is 12.7. The highest BCUT2D eigenvalue weighted by atomic mass is 79.9. The number of aromatic nitrogens is 1. The van der Waals surface area contributed by atoms with Gasteiger partial charge >= 0.3 is 0 Å². The normalized spacial score (nSPS) is 10.3. The minimum Gasteiger partial charge on any atom is -0.364 e. The molecule has 0 fully saturated rings. The molecule has 0 saturated carbocycles. The summed E-state index contributed by atoms with van der Waals surface area (Å²) in [5.41, 5.74) is 2.76. The van der Waals surface area contributed by atoms with Crippen molar-refractivity contribution < 1.29 is 4.79 Å². The monoisotopic (exact) mass is 334 g/mol. The number of aromatic amines is 1. The number of amides is 1. The first kappa shape index (κ1) is 14.5. The Bertz CT molecular complexity index is 662. The highest BCUT2D eigenvalue weighted by Gasteiger charge is 2.09. The zero-order valence-electron chi connectivity index (χ0n) is 11.1. The van der Waals surface area contributed by atoms with Gasteiger partial charge in [-0.15, -0.1) is 0 Å². The third kappa shape index (κ3) is 3.57. The highest BCUT2D eigenvalue weighted by molar-refractivity contribution is 9.08. The molecule has 1 aromatic carbocycles. The Morgan fingerprint density at radius 3 is 2.50 bits per heavy atom. The molecule has 2 aromatic rings. The molecule has 0 aliphatic rings. The summed E-state index contributed by atoms with van der Waals surface area (Å²) in [6.07, 6.45) is 1.45. The first-order chi connectivity index (χ1) is 9.60. The molecule has 5 heteroatoms. The molecule has 104 valence electrons. The summed E-state index contributed by atoms with van der Waals surface area (Å²) >= 11 is 3.38.